The second kappa shape index (κ2) is 5.09. The van der Waals surface area contributed by atoms with Crippen LogP contribution in [0.1, 0.15) is 5.56 Å². The molecule has 3 rings (SSSR count). The first kappa shape index (κ1) is 12.9. The largest absolute Gasteiger partial charge is 0.357 e. The number of halogens is 1. The summed E-state index contributed by atoms with van der Waals surface area (Å²) < 4.78 is 1.08. The van der Waals surface area contributed by atoms with E-state index < -0.39 is 0 Å². The van der Waals surface area contributed by atoms with Crippen LogP contribution in [0.5, 0.6) is 0 Å². The summed E-state index contributed by atoms with van der Waals surface area (Å²) in [5.41, 5.74) is 2.82. The van der Waals surface area contributed by atoms with E-state index in [4.69, 9.17) is 0 Å². The van der Waals surface area contributed by atoms with E-state index >= 15 is 0 Å². The standard InChI is InChI=1S/C13H13BrN6/c1-7-5-8(3-4-10(7)14)17-11-9-6-16-20-12(9)19-13(15-2)18-11/h3-6H,1-2H3,(H3,15,16,17,18,19,20). The Bertz CT molecular complexity index is 767. The molecule has 6 nitrogen and oxygen atoms in total. The van der Waals surface area contributed by atoms with Crippen molar-refractivity contribution in [2.45, 2.75) is 6.92 Å². The molecule has 3 aromatic rings. The number of hydrogen-bond donors (Lipinski definition) is 3. The van der Waals surface area contributed by atoms with Gasteiger partial charge in [0.1, 0.15) is 5.82 Å². The van der Waals surface area contributed by atoms with Gasteiger partial charge in [-0.1, -0.05) is 15.9 Å². The molecule has 0 aliphatic carbocycles. The van der Waals surface area contributed by atoms with Crippen molar-refractivity contribution in [2.24, 2.45) is 0 Å². The Morgan fingerprint density at radius 1 is 1.25 bits per heavy atom. The Hall–Kier alpha value is -2.15. The van der Waals surface area contributed by atoms with Crippen LogP contribution in [0.25, 0.3) is 11.0 Å². The van der Waals surface area contributed by atoms with E-state index in [-0.39, 0.29) is 0 Å². The van der Waals surface area contributed by atoms with Gasteiger partial charge in [-0.25, -0.2) is 0 Å². The van der Waals surface area contributed by atoms with E-state index in [0.717, 1.165) is 26.9 Å². The second-order valence-corrected chi connectivity index (χ2v) is 5.22. The molecule has 2 heterocycles. The zero-order valence-corrected chi connectivity index (χ0v) is 12.6. The summed E-state index contributed by atoms with van der Waals surface area (Å²) in [6, 6.07) is 6.05. The number of H-pyrrole nitrogens is 1. The molecule has 7 heteroatoms. The van der Waals surface area contributed by atoms with Gasteiger partial charge in [-0.15, -0.1) is 0 Å². The van der Waals surface area contributed by atoms with Gasteiger partial charge < -0.3 is 10.6 Å². The summed E-state index contributed by atoms with van der Waals surface area (Å²) in [5, 5.41) is 14.0. The third-order valence-corrected chi connectivity index (χ3v) is 3.84. The van der Waals surface area contributed by atoms with E-state index in [1.165, 1.54) is 0 Å². The third-order valence-electron chi connectivity index (χ3n) is 2.95. The summed E-state index contributed by atoms with van der Waals surface area (Å²) in [6.07, 6.45) is 1.71. The van der Waals surface area contributed by atoms with Crippen molar-refractivity contribution in [2.75, 3.05) is 17.7 Å². The predicted octanol–water partition coefficient (Wildman–Crippen LogP) is 3.21. The number of anilines is 3. The zero-order chi connectivity index (χ0) is 14.1. The van der Waals surface area contributed by atoms with Crippen LogP contribution in [0.3, 0.4) is 0 Å². The molecule has 3 N–H and O–H groups in total. The van der Waals surface area contributed by atoms with Gasteiger partial charge in [0.25, 0.3) is 0 Å². The minimum absolute atomic E-state index is 0.540. The fourth-order valence-corrected chi connectivity index (χ4v) is 2.15. The lowest BCUT2D eigenvalue weighted by molar-refractivity contribution is 1.09. The highest BCUT2D eigenvalue weighted by Gasteiger charge is 2.09. The molecular weight excluding hydrogens is 320 g/mol. The maximum Gasteiger partial charge on any atom is 0.226 e. The highest BCUT2D eigenvalue weighted by atomic mass is 79.9. The van der Waals surface area contributed by atoms with Crippen molar-refractivity contribution in [3.05, 3.63) is 34.4 Å². The Morgan fingerprint density at radius 2 is 2.10 bits per heavy atom. The van der Waals surface area contributed by atoms with E-state index in [9.17, 15) is 0 Å². The summed E-state index contributed by atoms with van der Waals surface area (Å²) in [4.78, 5) is 8.73. The molecule has 0 spiro atoms. The molecule has 0 aliphatic heterocycles. The van der Waals surface area contributed by atoms with Gasteiger partial charge in [-0.05, 0) is 30.7 Å². The van der Waals surface area contributed by atoms with Gasteiger partial charge in [-0.3, -0.25) is 5.10 Å². The van der Waals surface area contributed by atoms with Crippen molar-refractivity contribution < 1.29 is 0 Å². The average Bonchev–Trinajstić information content (AvgIpc) is 2.91. The monoisotopic (exact) mass is 332 g/mol. The lowest BCUT2D eigenvalue weighted by Gasteiger charge is -2.09. The van der Waals surface area contributed by atoms with Crippen molar-refractivity contribution >= 4 is 44.4 Å². The van der Waals surface area contributed by atoms with Crippen LogP contribution in [0.2, 0.25) is 0 Å². The smallest absolute Gasteiger partial charge is 0.226 e. The Balaban J connectivity index is 2.04. The SMILES string of the molecule is CNc1nc(Nc2ccc(Br)c(C)c2)c2cn[nH]c2n1. The molecule has 0 saturated carbocycles. The molecule has 0 radical (unpaired) electrons. The molecule has 0 atom stereocenters. The molecule has 2 aromatic heterocycles. The summed E-state index contributed by atoms with van der Waals surface area (Å²) in [7, 11) is 1.78. The highest BCUT2D eigenvalue weighted by molar-refractivity contribution is 9.10. The molecule has 0 unspecified atom stereocenters. The normalized spacial score (nSPS) is 10.8. The van der Waals surface area contributed by atoms with E-state index in [2.05, 4.69) is 52.8 Å². The van der Waals surface area contributed by atoms with Crippen LogP contribution in [0.4, 0.5) is 17.5 Å². The molecule has 102 valence electrons. The first-order valence-corrected chi connectivity index (χ1v) is 6.88. The maximum absolute atomic E-state index is 4.43. The molecule has 1 aromatic carbocycles. The fraction of sp³-hybridized carbons (Fsp3) is 0.154. The molecule has 0 amide bonds. The van der Waals surface area contributed by atoms with Crippen LogP contribution in [0.15, 0.2) is 28.9 Å². The first-order valence-electron chi connectivity index (χ1n) is 6.09. The lowest BCUT2D eigenvalue weighted by atomic mass is 10.2. The third kappa shape index (κ3) is 2.32. The number of nitrogens with one attached hydrogen (secondary N) is 3. The number of benzene rings is 1. The minimum Gasteiger partial charge on any atom is -0.357 e. The summed E-state index contributed by atoms with van der Waals surface area (Å²) in [6.45, 7) is 2.04. The quantitative estimate of drug-likeness (QED) is 0.686. The molecule has 0 saturated heterocycles. The number of aryl methyl sites for hydroxylation is 1. The number of aromatic nitrogens is 4. The van der Waals surface area contributed by atoms with Crippen molar-refractivity contribution in [1.82, 2.24) is 20.2 Å². The number of nitrogens with zero attached hydrogens (tertiary/aromatic N) is 3. The van der Waals surface area contributed by atoms with Crippen LogP contribution in [0, 0.1) is 6.92 Å². The van der Waals surface area contributed by atoms with Crippen molar-refractivity contribution in [3.8, 4) is 0 Å². The first-order chi connectivity index (χ1) is 9.67. The molecular formula is C13H13BrN6. The van der Waals surface area contributed by atoms with Gasteiger partial charge in [0.15, 0.2) is 5.65 Å². The summed E-state index contributed by atoms with van der Waals surface area (Å²) >= 11 is 3.49. The van der Waals surface area contributed by atoms with E-state index in [1.54, 1.807) is 13.2 Å². The van der Waals surface area contributed by atoms with Crippen molar-refractivity contribution in [1.29, 1.82) is 0 Å². The van der Waals surface area contributed by atoms with Gasteiger partial charge in [0.05, 0.1) is 11.6 Å². The topological polar surface area (TPSA) is 78.5 Å². The second-order valence-electron chi connectivity index (χ2n) is 4.37. The van der Waals surface area contributed by atoms with Gasteiger partial charge >= 0.3 is 0 Å². The fourth-order valence-electron chi connectivity index (χ4n) is 1.90. The predicted molar refractivity (Wildman–Crippen MR) is 83.4 cm³/mol. The van der Waals surface area contributed by atoms with Gasteiger partial charge in [0.2, 0.25) is 5.95 Å². The average molecular weight is 333 g/mol. The van der Waals surface area contributed by atoms with Crippen LogP contribution >= 0.6 is 15.9 Å². The summed E-state index contributed by atoms with van der Waals surface area (Å²) in [5.74, 6) is 1.26. The van der Waals surface area contributed by atoms with Gasteiger partial charge in [0, 0.05) is 17.2 Å². The molecule has 0 bridgehead atoms. The van der Waals surface area contributed by atoms with Crippen LogP contribution in [-0.4, -0.2) is 27.2 Å². The minimum atomic E-state index is 0.540. The number of fused-ring (bicyclic) bond motifs is 1. The number of hydrogen-bond acceptors (Lipinski definition) is 5. The van der Waals surface area contributed by atoms with Crippen LogP contribution in [-0.2, 0) is 0 Å². The number of rotatable bonds is 3. The highest BCUT2D eigenvalue weighted by Crippen LogP contribution is 2.26. The Morgan fingerprint density at radius 3 is 2.85 bits per heavy atom. The molecule has 0 fully saturated rings. The van der Waals surface area contributed by atoms with E-state index in [1.807, 2.05) is 19.1 Å². The maximum atomic E-state index is 4.43. The lowest BCUT2D eigenvalue weighted by Crippen LogP contribution is -2.01. The van der Waals surface area contributed by atoms with E-state index in [0.29, 0.717) is 11.6 Å². The van der Waals surface area contributed by atoms with Crippen LogP contribution < -0.4 is 10.6 Å². The Labute approximate surface area is 124 Å². The molecule has 20 heavy (non-hydrogen) atoms. The zero-order valence-electron chi connectivity index (χ0n) is 11.0. The van der Waals surface area contributed by atoms with Gasteiger partial charge in [-0.2, -0.15) is 15.1 Å². The molecule has 0 aliphatic rings. The Kier molecular flexibility index (Phi) is 3.27. The number of aromatic amines is 1. The van der Waals surface area contributed by atoms with Crippen molar-refractivity contribution in [3.63, 3.8) is 0 Å².